The highest BCUT2D eigenvalue weighted by Gasteiger charge is 2.17. The largest absolute Gasteiger partial charge is 0.495 e. The lowest BCUT2D eigenvalue weighted by Crippen LogP contribution is -2.26. The molecule has 0 bridgehead atoms. The first-order valence-electron chi connectivity index (χ1n) is 8.46. The van der Waals surface area contributed by atoms with Crippen molar-refractivity contribution < 1.29 is 4.74 Å². The Morgan fingerprint density at radius 1 is 1.12 bits per heavy atom. The van der Waals surface area contributed by atoms with Crippen molar-refractivity contribution in [1.29, 1.82) is 0 Å². The van der Waals surface area contributed by atoms with Gasteiger partial charge in [-0.3, -0.25) is 0 Å². The van der Waals surface area contributed by atoms with Crippen molar-refractivity contribution in [2.75, 3.05) is 36.1 Å². The molecular weight excluding hydrogens is 302 g/mol. The van der Waals surface area contributed by atoms with E-state index in [9.17, 15) is 0 Å². The van der Waals surface area contributed by atoms with Gasteiger partial charge >= 0.3 is 0 Å². The van der Waals surface area contributed by atoms with E-state index < -0.39 is 0 Å². The van der Waals surface area contributed by atoms with Crippen molar-refractivity contribution in [3.63, 3.8) is 0 Å². The topological polar surface area (TPSA) is 76.3 Å². The van der Waals surface area contributed by atoms with Crippen LogP contribution < -0.4 is 20.7 Å². The maximum absolute atomic E-state index is 6.37. The number of nitrogens with one attached hydrogen (secondary N) is 1. The number of nitrogens with two attached hydrogens (primary N) is 1. The smallest absolute Gasteiger partial charge is 0.159 e. The Hall–Kier alpha value is -2.50. The first-order chi connectivity index (χ1) is 11.7. The number of ether oxygens (including phenoxy) is 1. The summed E-state index contributed by atoms with van der Waals surface area (Å²) in [5.41, 5.74) is 8.95. The molecule has 0 saturated carbocycles. The summed E-state index contributed by atoms with van der Waals surface area (Å²) < 4.78 is 5.42. The second-order valence-electron chi connectivity index (χ2n) is 6.19. The van der Waals surface area contributed by atoms with Crippen LogP contribution in [0.25, 0.3) is 0 Å². The molecule has 0 aliphatic carbocycles. The number of methoxy groups -OCH3 is 1. The Bertz CT molecular complexity index is 696. The van der Waals surface area contributed by atoms with Gasteiger partial charge in [-0.15, -0.1) is 0 Å². The Kier molecular flexibility index (Phi) is 5.03. The van der Waals surface area contributed by atoms with E-state index in [1.807, 2.05) is 25.1 Å². The van der Waals surface area contributed by atoms with Gasteiger partial charge in [0.2, 0.25) is 0 Å². The Balaban J connectivity index is 1.89. The fraction of sp³-hybridized carbons (Fsp3) is 0.444. The van der Waals surface area contributed by atoms with Gasteiger partial charge in [0.15, 0.2) is 11.6 Å². The summed E-state index contributed by atoms with van der Waals surface area (Å²) in [4.78, 5) is 11.0. The molecule has 1 aliphatic rings. The second-order valence-corrected chi connectivity index (χ2v) is 6.19. The molecule has 1 fully saturated rings. The van der Waals surface area contributed by atoms with E-state index in [0.717, 1.165) is 35.9 Å². The van der Waals surface area contributed by atoms with Crippen LogP contribution in [-0.4, -0.2) is 30.2 Å². The average Bonchev–Trinajstić information content (AvgIpc) is 2.86. The van der Waals surface area contributed by atoms with E-state index in [1.54, 1.807) is 13.4 Å². The van der Waals surface area contributed by atoms with Crippen LogP contribution in [0, 0.1) is 6.92 Å². The monoisotopic (exact) mass is 327 g/mol. The molecule has 0 amide bonds. The van der Waals surface area contributed by atoms with Gasteiger partial charge in [-0.05, 0) is 37.5 Å². The first kappa shape index (κ1) is 16.4. The molecule has 1 aromatic heterocycles. The molecule has 0 radical (unpaired) electrons. The van der Waals surface area contributed by atoms with Gasteiger partial charge in [0, 0.05) is 13.1 Å². The van der Waals surface area contributed by atoms with Gasteiger partial charge in [-0.1, -0.05) is 18.9 Å². The molecule has 0 atom stereocenters. The van der Waals surface area contributed by atoms with Crippen LogP contribution >= 0.6 is 0 Å². The van der Waals surface area contributed by atoms with E-state index in [1.165, 1.54) is 25.7 Å². The maximum Gasteiger partial charge on any atom is 0.159 e. The summed E-state index contributed by atoms with van der Waals surface area (Å²) in [5.74, 6) is 2.20. The second kappa shape index (κ2) is 7.38. The van der Waals surface area contributed by atoms with Crippen LogP contribution in [0.5, 0.6) is 5.75 Å². The van der Waals surface area contributed by atoms with Crippen LogP contribution in [0.1, 0.15) is 31.2 Å². The molecule has 6 heteroatoms. The third-order valence-corrected chi connectivity index (χ3v) is 4.38. The number of rotatable bonds is 4. The van der Waals surface area contributed by atoms with Crippen LogP contribution in [0.2, 0.25) is 0 Å². The molecule has 3 rings (SSSR count). The Morgan fingerprint density at radius 3 is 2.58 bits per heavy atom. The molecule has 0 spiro atoms. The number of hydrogen-bond donors (Lipinski definition) is 2. The molecule has 1 aromatic carbocycles. The van der Waals surface area contributed by atoms with Gasteiger partial charge in [0.05, 0.1) is 12.8 Å². The van der Waals surface area contributed by atoms with Gasteiger partial charge in [-0.25, -0.2) is 9.97 Å². The van der Waals surface area contributed by atoms with E-state index in [-0.39, 0.29) is 0 Å². The molecule has 0 unspecified atom stereocenters. The molecule has 128 valence electrons. The highest BCUT2D eigenvalue weighted by Crippen LogP contribution is 2.33. The molecule has 24 heavy (non-hydrogen) atoms. The zero-order chi connectivity index (χ0) is 16.9. The SMILES string of the molecule is COc1ccc(C)cc1Nc1ncnc(N2CCCCCC2)c1N. The van der Waals surface area contributed by atoms with Gasteiger partial charge in [0.25, 0.3) is 0 Å². The summed E-state index contributed by atoms with van der Waals surface area (Å²) in [6.07, 6.45) is 6.47. The van der Waals surface area contributed by atoms with E-state index in [4.69, 9.17) is 10.5 Å². The number of hydrogen-bond acceptors (Lipinski definition) is 6. The van der Waals surface area contributed by atoms with Crippen LogP contribution in [0.15, 0.2) is 24.5 Å². The Labute approximate surface area is 143 Å². The molecule has 2 heterocycles. The standard InChI is InChI=1S/C18H25N5O/c1-13-7-8-15(24-2)14(11-13)22-17-16(19)18(21-12-20-17)23-9-5-3-4-6-10-23/h7-8,11-12H,3-6,9-10,19H2,1-2H3,(H,20,21,22). The third-order valence-electron chi connectivity index (χ3n) is 4.38. The quantitative estimate of drug-likeness (QED) is 0.895. The highest BCUT2D eigenvalue weighted by molar-refractivity contribution is 5.79. The van der Waals surface area contributed by atoms with E-state index in [0.29, 0.717) is 11.5 Å². The van der Waals surface area contributed by atoms with Crippen LogP contribution in [0.4, 0.5) is 23.0 Å². The van der Waals surface area contributed by atoms with Crippen molar-refractivity contribution in [3.05, 3.63) is 30.1 Å². The predicted octanol–water partition coefficient (Wildman–Crippen LogP) is 3.50. The summed E-state index contributed by atoms with van der Waals surface area (Å²) in [6, 6.07) is 5.97. The van der Waals surface area contributed by atoms with Gasteiger partial charge in [0.1, 0.15) is 17.8 Å². The molecule has 6 nitrogen and oxygen atoms in total. The van der Waals surface area contributed by atoms with Gasteiger partial charge < -0.3 is 20.7 Å². The lowest BCUT2D eigenvalue weighted by atomic mass is 10.2. The van der Waals surface area contributed by atoms with Crippen molar-refractivity contribution >= 4 is 23.0 Å². The molecule has 3 N–H and O–H groups in total. The fourth-order valence-electron chi connectivity index (χ4n) is 3.07. The molecular formula is C18H25N5O. The summed E-state index contributed by atoms with van der Waals surface area (Å²) >= 11 is 0. The number of aromatic nitrogens is 2. The third kappa shape index (κ3) is 3.53. The number of aryl methyl sites for hydroxylation is 1. The zero-order valence-corrected chi connectivity index (χ0v) is 14.4. The van der Waals surface area contributed by atoms with Crippen molar-refractivity contribution in [1.82, 2.24) is 9.97 Å². The van der Waals surface area contributed by atoms with Crippen molar-refractivity contribution in [2.45, 2.75) is 32.6 Å². The summed E-state index contributed by atoms with van der Waals surface area (Å²) in [7, 11) is 1.65. The van der Waals surface area contributed by atoms with E-state index >= 15 is 0 Å². The zero-order valence-electron chi connectivity index (χ0n) is 14.4. The molecule has 1 aliphatic heterocycles. The van der Waals surface area contributed by atoms with E-state index in [2.05, 4.69) is 20.2 Å². The minimum Gasteiger partial charge on any atom is -0.495 e. The molecule has 2 aromatic rings. The predicted molar refractivity (Wildman–Crippen MR) is 98.1 cm³/mol. The lowest BCUT2D eigenvalue weighted by Gasteiger charge is -2.23. The minimum atomic E-state index is 0.586. The van der Waals surface area contributed by atoms with Crippen LogP contribution in [0.3, 0.4) is 0 Å². The summed E-state index contributed by atoms with van der Waals surface area (Å²) in [6.45, 7) is 4.03. The average molecular weight is 327 g/mol. The number of benzene rings is 1. The number of anilines is 4. The van der Waals surface area contributed by atoms with Crippen molar-refractivity contribution in [2.24, 2.45) is 0 Å². The number of nitrogen functional groups attached to an aromatic ring is 1. The number of nitrogens with zero attached hydrogens (tertiary/aromatic N) is 3. The van der Waals surface area contributed by atoms with Crippen LogP contribution in [-0.2, 0) is 0 Å². The fourth-order valence-corrected chi connectivity index (χ4v) is 3.07. The maximum atomic E-state index is 6.37. The lowest BCUT2D eigenvalue weighted by molar-refractivity contribution is 0.416. The van der Waals surface area contributed by atoms with Gasteiger partial charge in [-0.2, -0.15) is 0 Å². The summed E-state index contributed by atoms with van der Waals surface area (Å²) in [5, 5.41) is 3.30. The minimum absolute atomic E-state index is 0.586. The molecule has 1 saturated heterocycles. The highest BCUT2D eigenvalue weighted by atomic mass is 16.5. The normalized spacial score (nSPS) is 15.0. The Morgan fingerprint density at radius 2 is 1.88 bits per heavy atom. The van der Waals surface area contributed by atoms with Crippen molar-refractivity contribution in [3.8, 4) is 5.75 Å². The first-order valence-corrected chi connectivity index (χ1v) is 8.46.